The number of fused-ring (bicyclic) bond motifs is 3. The van der Waals surface area contributed by atoms with Crippen molar-refractivity contribution in [3.8, 4) is 0 Å². The third-order valence-corrected chi connectivity index (χ3v) is 3.11. The molecule has 4 nitrogen and oxygen atoms in total. The van der Waals surface area contributed by atoms with Crippen LogP contribution in [0.3, 0.4) is 0 Å². The van der Waals surface area contributed by atoms with E-state index in [4.69, 9.17) is 5.11 Å². The van der Waals surface area contributed by atoms with Crippen LogP contribution < -0.4 is 0 Å². The van der Waals surface area contributed by atoms with Gasteiger partial charge in [-0.05, 0) is 31.0 Å². The van der Waals surface area contributed by atoms with Crippen molar-refractivity contribution in [2.75, 3.05) is 0 Å². The van der Waals surface area contributed by atoms with E-state index in [1.807, 2.05) is 6.07 Å². The highest BCUT2D eigenvalue weighted by atomic mass is 16.4. The summed E-state index contributed by atoms with van der Waals surface area (Å²) < 4.78 is 2.20. The van der Waals surface area contributed by atoms with Gasteiger partial charge in [0.15, 0.2) is 0 Å². The van der Waals surface area contributed by atoms with E-state index in [-0.39, 0.29) is 0 Å². The number of carboxylic acid groups (broad SMARTS) is 1. The summed E-state index contributed by atoms with van der Waals surface area (Å²) in [6.07, 6.45) is 3.35. The Bertz CT molecular complexity index is 572. The Labute approximate surface area is 92.5 Å². The molecule has 2 aromatic rings. The number of aromatic carboxylic acids is 1. The molecule has 4 heteroatoms. The van der Waals surface area contributed by atoms with Crippen LogP contribution >= 0.6 is 0 Å². The normalized spacial score (nSPS) is 15.0. The van der Waals surface area contributed by atoms with Gasteiger partial charge in [0.2, 0.25) is 0 Å². The topological polar surface area (TPSA) is 55.1 Å². The molecule has 1 aliphatic rings. The zero-order chi connectivity index (χ0) is 11.1. The minimum Gasteiger partial charge on any atom is -0.478 e. The van der Waals surface area contributed by atoms with E-state index in [2.05, 4.69) is 9.55 Å². The van der Waals surface area contributed by atoms with Crippen LogP contribution in [0.5, 0.6) is 0 Å². The van der Waals surface area contributed by atoms with Crippen molar-refractivity contribution < 1.29 is 9.90 Å². The molecule has 0 saturated carbocycles. The molecule has 16 heavy (non-hydrogen) atoms. The van der Waals surface area contributed by atoms with Crippen molar-refractivity contribution in [2.45, 2.75) is 25.8 Å². The van der Waals surface area contributed by atoms with Gasteiger partial charge in [-0.1, -0.05) is 0 Å². The highest BCUT2D eigenvalue weighted by Crippen LogP contribution is 2.23. The number of hydrogen-bond donors (Lipinski definition) is 1. The SMILES string of the molecule is O=C(O)c1ccc2c(c1)nc1n2CCCC1. The molecule has 2 heterocycles. The lowest BCUT2D eigenvalue weighted by Gasteiger charge is -2.13. The quantitative estimate of drug-likeness (QED) is 0.793. The molecule has 0 spiro atoms. The number of aromatic nitrogens is 2. The average molecular weight is 216 g/mol. The van der Waals surface area contributed by atoms with E-state index in [1.165, 1.54) is 12.8 Å². The molecule has 0 aliphatic carbocycles. The Morgan fingerprint density at radius 1 is 1.38 bits per heavy atom. The summed E-state index contributed by atoms with van der Waals surface area (Å²) in [5, 5.41) is 8.91. The number of rotatable bonds is 1. The van der Waals surface area contributed by atoms with Crippen molar-refractivity contribution in [1.82, 2.24) is 9.55 Å². The van der Waals surface area contributed by atoms with E-state index >= 15 is 0 Å². The molecule has 1 aromatic carbocycles. The van der Waals surface area contributed by atoms with Gasteiger partial charge in [-0.15, -0.1) is 0 Å². The smallest absolute Gasteiger partial charge is 0.335 e. The van der Waals surface area contributed by atoms with Crippen LogP contribution in [0.2, 0.25) is 0 Å². The monoisotopic (exact) mass is 216 g/mol. The Morgan fingerprint density at radius 3 is 3.06 bits per heavy atom. The zero-order valence-electron chi connectivity index (χ0n) is 8.81. The molecule has 1 aliphatic heterocycles. The van der Waals surface area contributed by atoms with Gasteiger partial charge in [-0.25, -0.2) is 9.78 Å². The van der Waals surface area contributed by atoms with Crippen LogP contribution in [0, 0.1) is 0 Å². The summed E-state index contributed by atoms with van der Waals surface area (Å²) in [6.45, 7) is 0.998. The lowest BCUT2D eigenvalue weighted by atomic mass is 10.1. The zero-order valence-corrected chi connectivity index (χ0v) is 8.81. The molecule has 3 rings (SSSR count). The number of benzene rings is 1. The predicted molar refractivity (Wildman–Crippen MR) is 59.6 cm³/mol. The first-order chi connectivity index (χ1) is 7.75. The van der Waals surface area contributed by atoms with Crippen LogP contribution in [0.4, 0.5) is 0 Å². The maximum Gasteiger partial charge on any atom is 0.335 e. The van der Waals surface area contributed by atoms with Gasteiger partial charge >= 0.3 is 5.97 Å². The second kappa shape index (κ2) is 3.33. The summed E-state index contributed by atoms with van der Waals surface area (Å²) >= 11 is 0. The van der Waals surface area contributed by atoms with E-state index in [9.17, 15) is 4.79 Å². The largest absolute Gasteiger partial charge is 0.478 e. The van der Waals surface area contributed by atoms with Crippen LogP contribution in [0.15, 0.2) is 18.2 Å². The highest BCUT2D eigenvalue weighted by Gasteiger charge is 2.15. The fourth-order valence-corrected chi connectivity index (χ4v) is 2.31. The lowest BCUT2D eigenvalue weighted by Crippen LogP contribution is -2.09. The lowest BCUT2D eigenvalue weighted by molar-refractivity contribution is 0.0697. The molecule has 0 atom stereocenters. The number of carboxylic acids is 1. The van der Waals surface area contributed by atoms with E-state index in [0.29, 0.717) is 5.56 Å². The van der Waals surface area contributed by atoms with Crippen LogP contribution in [-0.4, -0.2) is 20.6 Å². The Morgan fingerprint density at radius 2 is 2.25 bits per heavy atom. The maximum absolute atomic E-state index is 10.9. The first-order valence-corrected chi connectivity index (χ1v) is 5.48. The Balaban J connectivity index is 2.22. The Hall–Kier alpha value is -1.84. The van der Waals surface area contributed by atoms with E-state index in [1.54, 1.807) is 12.1 Å². The molecule has 0 fully saturated rings. The predicted octanol–water partition coefficient (Wildman–Crippen LogP) is 2.07. The summed E-state index contributed by atoms with van der Waals surface area (Å²) in [4.78, 5) is 15.3. The van der Waals surface area contributed by atoms with Gasteiger partial charge in [-0.2, -0.15) is 0 Å². The van der Waals surface area contributed by atoms with Gasteiger partial charge in [-0.3, -0.25) is 0 Å². The third kappa shape index (κ3) is 1.30. The standard InChI is InChI=1S/C12H12N2O2/c15-12(16)8-4-5-10-9(7-8)13-11-3-1-2-6-14(10)11/h4-5,7H,1-3,6H2,(H,15,16). The van der Waals surface area contributed by atoms with Crippen LogP contribution in [-0.2, 0) is 13.0 Å². The van der Waals surface area contributed by atoms with Crippen LogP contribution in [0.25, 0.3) is 11.0 Å². The van der Waals surface area contributed by atoms with Crippen molar-refractivity contribution >= 4 is 17.0 Å². The van der Waals surface area contributed by atoms with Gasteiger partial charge in [0, 0.05) is 13.0 Å². The van der Waals surface area contributed by atoms with E-state index < -0.39 is 5.97 Å². The van der Waals surface area contributed by atoms with Crippen molar-refractivity contribution in [2.24, 2.45) is 0 Å². The van der Waals surface area contributed by atoms with Gasteiger partial charge < -0.3 is 9.67 Å². The second-order valence-corrected chi connectivity index (χ2v) is 4.15. The number of aryl methyl sites for hydroxylation is 2. The molecule has 1 N–H and O–H groups in total. The molecule has 0 amide bonds. The highest BCUT2D eigenvalue weighted by molar-refractivity contribution is 5.92. The molecule has 0 unspecified atom stereocenters. The third-order valence-electron chi connectivity index (χ3n) is 3.11. The summed E-state index contributed by atoms with van der Waals surface area (Å²) in [5.41, 5.74) is 2.17. The van der Waals surface area contributed by atoms with Crippen molar-refractivity contribution in [1.29, 1.82) is 0 Å². The number of hydrogen-bond acceptors (Lipinski definition) is 2. The van der Waals surface area contributed by atoms with E-state index in [0.717, 1.165) is 29.8 Å². The molecule has 82 valence electrons. The number of carbonyl (C=O) groups is 1. The van der Waals surface area contributed by atoms with Crippen molar-refractivity contribution in [3.63, 3.8) is 0 Å². The minimum atomic E-state index is -0.895. The van der Waals surface area contributed by atoms with Crippen molar-refractivity contribution in [3.05, 3.63) is 29.6 Å². The molecular formula is C12H12N2O2. The summed E-state index contributed by atoms with van der Waals surface area (Å²) in [5.74, 6) is 0.191. The fraction of sp³-hybridized carbons (Fsp3) is 0.333. The van der Waals surface area contributed by atoms with Gasteiger partial charge in [0.1, 0.15) is 5.82 Å². The summed E-state index contributed by atoms with van der Waals surface area (Å²) in [6, 6.07) is 5.16. The first kappa shape index (κ1) is 9.39. The number of imidazole rings is 1. The molecular weight excluding hydrogens is 204 g/mol. The molecule has 1 aromatic heterocycles. The Kier molecular flexibility index (Phi) is 1.96. The second-order valence-electron chi connectivity index (χ2n) is 4.15. The minimum absolute atomic E-state index is 0.308. The fourth-order valence-electron chi connectivity index (χ4n) is 2.31. The molecule has 0 radical (unpaired) electrons. The number of nitrogens with zero attached hydrogens (tertiary/aromatic N) is 2. The maximum atomic E-state index is 10.9. The molecule has 0 saturated heterocycles. The summed E-state index contributed by atoms with van der Waals surface area (Å²) in [7, 11) is 0. The average Bonchev–Trinajstić information content (AvgIpc) is 2.66. The molecule has 0 bridgehead atoms. The first-order valence-electron chi connectivity index (χ1n) is 5.48. The van der Waals surface area contributed by atoms with Gasteiger partial charge in [0.25, 0.3) is 0 Å². The van der Waals surface area contributed by atoms with Crippen LogP contribution in [0.1, 0.15) is 29.0 Å². The van der Waals surface area contributed by atoms with Gasteiger partial charge in [0.05, 0.1) is 16.6 Å².